The molecule has 5 rings (SSSR count). The van der Waals surface area contributed by atoms with Crippen molar-refractivity contribution in [3.8, 4) is 17.0 Å². The molecule has 2 heterocycles. The molecule has 0 saturated carbocycles. The molecule has 0 atom stereocenters. The van der Waals surface area contributed by atoms with E-state index in [-0.39, 0.29) is 17.1 Å². The van der Waals surface area contributed by atoms with Crippen LogP contribution in [0.5, 0.6) is 5.75 Å². The maximum Gasteiger partial charge on any atom is 0.300 e. The maximum atomic E-state index is 13.9. The lowest BCUT2D eigenvalue weighted by atomic mass is 10.1. The van der Waals surface area contributed by atoms with Crippen LogP contribution in [0, 0.1) is 5.82 Å². The normalized spacial score (nSPS) is 11.1. The summed E-state index contributed by atoms with van der Waals surface area (Å²) in [5.41, 5.74) is 1.17. The van der Waals surface area contributed by atoms with Gasteiger partial charge < -0.3 is 10.1 Å². The Balaban J connectivity index is 1.57. The summed E-state index contributed by atoms with van der Waals surface area (Å²) in [4.78, 5) is 34.5. The molecule has 36 heavy (non-hydrogen) atoms. The zero-order valence-corrected chi connectivity index (χ0v) is 21.1. The number of carbonyl (C=O) groups excluding carboxylic acids is 1. The van der Waals surface area contributed by atoms with Gasteiger partial charge in [0.05, 0.1) is 24.1 Å². The van der Waals surface area contributed by atoms with E-state index in [1.165, 1.54) is 16.6 Å². The predicted molar refractivity (Wildman–Crippen MR) is 140 cm³/mol. The van der Waals surface area contributed by atoms with E-state index >= 15 is 0 Å². The van der Waals surface area contributed by atoms with Crippen molar-refractivity contribution in [3.05, 3.63) is 87.4 Å². The third-order valence-corrected chi connectivity index (χ3v) is 6.67. The molecular weight excluding hydrogens is 549 g/mol. The second-order valence-electron chi connectivity index (χ2n) is 7.60. The lowest BCUT2D eigenvalue weighted by Crippen LogP contribution is -2.19. The SMILES string of the molecule is COc1ccc(-c2nn3c(SCC(=O)Nc4ccccc4F)nc4ccc(Br)cc4c3nc2=O)cc1. The minimum Gasteiger partial charge on any atom is -0.497 e. The number of para-hydroxylation sites is 1. The molecule has 3 aromatic carbocycles. The average Bonchev–Trinajstić information content (AvgIpc) is 2.88. The number of hydrogen-bond acceptors (Lipinski definition) is 7. The Morgan fingerprint density at radius 3 is 2.64 bits per heavy atom. The molecule has 0 aliphatic heterocycles. The fraction of sp³-hybridized carbons (Fsp3) is 0.0800. The topological polar surface area (TPSA) is 98.5 Å². The molecule has 0 aliphatic carbocycles. The number of rotatable bonds is 6. The van der Waals surface area contributed by atoms with Crippen molar-refractivity contribution in [2.75, 3.05) is 18.2 Å². The van der Waals surface area contributed by atoms with Crippen LogP contribution in [0.3, 0.4) is 0 Å². The Morgan fingerprint density at radius 1 is 1.11 bits per heavy atom. The summed E-state index contributed by atoms with van der Waals surface area (Å²) in [6, 6.07) is 18.2. The van der Waals surface area contributed by atoms with Gasteiger partial charge in [-0.15, -0.1) is 0 Å². The van der Waals surface area contributed by atoms with Gasteiger partial charge in [-0.1, -0.05) is 39.8 Å². The van der Waals surface area contributed by atoms with Crippen molar-refractivity contribution >= 4 is 55.8 Å². The number of nitrogens with zero attached hydrogens (tertiary/aromatic N) is 4. The number of anilines is 1. The summed E-state index contributed by atoms with van der Waals surface area (Å²) in [6.45, 7) is 0. The van der Waals surface area contributed by atoms with Gasteiger partial charge in [-0.05, 0) is 54.6 Å². The van der Waals surface area contributed by atoms with Crippen LogP contribution >= 0.6 is 27.7 Å². The van der Waals surface area contributed by atoms with Crippen LogP contribution in [0.15, 0.2) is 81.2 Å². The lowest BCUT2D eigenvalue weighted by Gasteiger charge is -2.12. The number of amides is 1. The summed E-state index contributed by atoms with van der Waals surface area (Å²) in [6.07, 6.45) is 0. The zero-order valence-electron chi connectivity index (χ0n) is 18.7. The Labute approximate surface area is 216 Å². The van der Waals surface area contributed by atoms with Crippen molar-refractivity contribution in [2.24, 2.45) is 0 Å². The first-order chi connectivity index (χ1) is 17.4. The van der Waals surface area contributed by atoms with Gasteiger partial charge in [-0.3, -0.25) is 9.59 Å². The van der Waals surface area contributed by atoms with Gasteiger partial charge in [0.2, 0.25) is 5.91 Å². The fourth-order valence-corrected chi connectivity index (χ4v) is 4.64. The van der Waals surface area contributed by atoms with Gasteiger partial charge in [-0.2, -0.15) is 14.6 Å². The average molecular weight is 566 g/mol. The zero-order chi connectivity index (χ0) is 25.2. The molecule has 5 aromatic rings. The highest BCUT2D eigenvalue weighted by Gasteiger charge is 2.17. The first kappa shape index (κ1) is 23.9. The molecular formula is C25H17BrFN5O3S. The number of methoxy groups -OCH3 is 1. The van der Waals surface area contributed by atoms with Crippen molar-refractivity contribution in [1.29, 1.82) is 0 Å². The number of benzene rings is 3. The highest BCUT2D eigenvalue weighted by atomic mass is 79.9. The van der Waals surface area contributed by atoms with E-state index in [1.54, 1.807) is 55.6 Å². The van der Waals surface area contributed by atoms with Crippen LogP contribution in [0.25, 0.3) is 27.8 Å². The molecule has 0 bridgehead atoms. The summed E-state index contributed by atoms with van der Waals surface area (Å²) in [5.74, 6) is -0.366. The van der Waals surface area contributed by atoms with Crippen molar-refractivity contribution in [2.45, 2.75) is 5.16 Å². The number of hydrogen-bond donors (Lipinski definition) is 1. The monoisotopic (exact) mass is 565 g/mol. The van der Waals surface area contributed by atoms with E-state index < -0.39 is 17.3 Å². The minimum absolute atomic E-state index is 0.0653. The summed E-state index contributed by atoms with van der Waals surface area (Å²) < 4.78 is 21.4. The number of halogens is 2. The van der Waals surface area contributed by atoms with E-state index in [4.69, 9.17) is 4.74 Å². The molecule has 8 nitrogen and oxygen atoms in total. The van der Waals surface area contributed by atoms with Crippen LogP contribution < -0.4 is 15.6 Å². The minimum atomic E-state index is -0.525. The summed E-state index contributed by atoms with van der Waals surface area (Å²) in [5, 5.41) is 8.09. The van der Waals surface area contributed by atoms with Crippen LogP contribution in [0.2, 0.25) is 0 Å². The van der Waals surface area contributed by atoms with Crippen LogP contribution in [-0.2, 0) is 4.79 Å². The molecule has 1 N–H and O–H groups in total. The van der Waals surface area contributed by atoms with Crippen molar-refractivity contribution in [3.63, 3.8) is 0 Å². The van der Waals surface area contributed by atoms with Gasteiger partial charge >= 0.3 is 0 Å². The number of carbonyl (C=O) groups is 1. The van der Waals surface area contributed by atoms with E-state index in [2.05, 4.69) is 36.3 Å². The molecule has 0 aliphatic rings. The van der Waals surface area contributed by atoms with Crippen LogP contribution in [-0.4, -0.2) is 38.4 Å². The summed E-state index contributed by atoms with van der Waals surface area (Å²) >= 11 is 4.54. The molecule has 180 valence electrons. The van der Waals surface area contributed by atoms with Crippen LogP contribution in [0.4, 0.5) is 10.1 Å². The highest BCUT2D eigenvalue weighted by Crippen LogP contribution is 2.27. The number of thioether (sulfide) groups is 1. The smallest absolute Gasteiger partial charge is 0.300 e. The number of fused-ring (bicyclic) bond motifs is 3. The van der Waals surface area contributed by atoms with E-state index in [9.17, 15) is 14.0 Å². The molecule has 0 unspecified atom stereocenters. The van der Waals surface area contributed by atoms with E-state index in [0.717, 1.165) is 16.2 Å². The Morgan fingerprint density at radius 2 is 1.89 bits per heavy atom. The van der Waals surface area contributed by atoms with E-state index in [1.807, 2.05) is 6.07 Å². The fourth-order valence-electron chi connectivity index (χ4n) is 3.53. The second kappa shape index (κ2) is 10.0. The van der Waals surface area contributed by atoms with Crippen LogP contribution in [0.1, 0.15) is 0 Å². The first-order valence-electron chi connectivity index (χ1n) is 10.6. The highest BCUT2D eigenvalue weighted by molar-refractivity contribution is 9.10. The standard InChI is InChI=1S/C25H17BrFN5O3S/c1-35-16-9-6-14(7-10-16)22-24(34)30-23-17-12-15(26)8-11-19(17)29-25(32(23)31-22)36-13-21(33)28-20-5-3-2-4-18(20)27/h2-12H,13H2,1H3,(H,28,33). The molecule has 11 heteroatoms. The number of ether oxygens (including phenoxy) is 1. The number of aromatic nitrogens is 4. The van der Waals surface area contributed by atoms with Gasteiger partial charge in [-0.25, -0.2) is 9.37 Å². The molecule has 0 spiro atoms. The van der Waals surface area contributed by atoms with Gasteiger partial charge in [0.15, 0.2) is 16.5 Å². The second-order valence-corrected chi connectivity index (χ2v) is 9.46. The maximum absolute atomic E-state index is 13.9. The molecule has 1 amide bonds. The van der Waals surface area contributed by atoms with Crippen molar-refractivity contribution < 1.29 is 13.9 Å². The molecule has 0 radical (unpaired) electrons. The number of nitrogens with one attached hydrogen (secondary N) is 1. The van der Waals surface area contributed by atoms with Gasteiger partial charge in [0.1, 0.15) is 11.6 Å². The molecule has 2 aromatic heterocycles. The largest absolute Gasteiger partial charge is 0.497 e. The summed E-state index contributed by atoms with van der Waals surface area (Å²) in [7, 11) is 1.56. The third-order valence-electron chi connectivity index (χ3n) is 5.25. The van der Waals surface area contributed by atoms with Crippen molar-refractivity contribution in [1.82, 2.24) is 19.6 Å². The van der Waals surface area contributed by atoms with Gasteiger partial charge in [0.25, 0.3) is 5.56 Å². The first-order valence-corrected chi connectivity index (χ1v) is 12.4. The Kier molecular flexibility index (Phi) is 6.66. The predicted octanol–water partition coefficient (Wildman–Crippen LogP) is 4.95. The Hall–Kier alpha value is -3.83. The lowest BCUT2D eigenvalue weighted by molar-refractivity contribution is -0.113. The Bertz CT molecular complexity index is 1680. The van der Waals surface area contributed by atoms with Gasteiger partial charge in [0, 0.05) is 15.4 Å². The third kappa shape index (κ3) is 4.79. The molecule has 0 fully saturated rings. The molecule has 0 saturated heterocycles. The van der Waals surface area contributed by atoms with E-state index in [0.29, 0.717) is 33.0 Å². The quantitative estimate of drug-likeness (QED) is 0.177.